The summed E-state index contributed by atoms with van der Waals surface area (Å²) in [6.45, 7) is 0.977. The average molecular weight is 449 g/mol. The van der Waals surface area contributed by atoms with Crippen LogP contribution in [0.4, 0.5) is 0 Å². The van der Waals surface area contributed by atoms with Crippen molar-refractivity contribution in [3.05, 3.63) is 108 Å². The van der Waals surface area contributed by atoms with E-state index < -0.39 is 37.0 Å². The van der Waals surface area contributed by atoms with Gasteiger partial charge in [-0.15, -0.1) is 0 Å². The summed E-state index contributed by atoms with van der Waals surface area (Å²) in [6.07, 6.45) is -3.98. The van der Waals surface area contributed by atoms with Crippen molar-refractivity contribution in [1.29, 1.82) is 0 Å². The highest BCUT2D eigenvalue weighted by Gasteiger charge is 2.50. The Bertz CT molecular complexity index is 983. The monoisotopic (exact) mass is 448 g/mol. The largest absolute Gasteiger partial charge is 0.385 e. The lowest BCUT2D eigenvalue weighted by molar-refractivity contribution is -0.368. The predicted molar refractivity (Wildman–Crippen MR) is 121 cm³/mol. The van der Waals surface area contributed by atoms with E-state index in [0.29, 0.717) is 19.8 Å². The van der Waals surface area contributed by atoms with Crippen molar-refractivity contribution in [2.75, 3.05) is 6.61 Å². The van der Waals surface area contributed by atoms with Crippen LogP contribution in [-0.4, -0.2) is 42.4 Å². The van der Waals surface area contributed by atoms with E-state index in [9.17, 15) is 5.11 Å². The highest BCUT2D eigenvalue weighted by molar-refractivity contribution is 5.17. The lowest BCUT2D eigenvalue weighted by Crippen LogP contribution is -2.62. The van der Waals surface area contributed by atoms with Crippen molar-refractivity contribution in [1.82, 2.24) is 0 Å². The van der Waals surface area contributed by atoms with E-state index in [1.807, 2.05) is 91.0 Å². The molecular weight excluding hydrogens is 420 g/mol. The number of hydrogen-bond acceptors (Lipinski definition) is 6. The number of benzene rings is 3. The standard InChI is InChI=1S/C27H28O6/c28-23-25(29-16-19-10-4-1-5-11-19)24-22(18-31-26(33-24)21-14-8-3-9-15-21)32-27(23)30-17-20-12-6-2-7-13-20/h1-15,22-28H,16-18H2/t22-,23+,24-,25-,26?,27+/m1/s1. The molecule has 172 valence electrons. The number of aliphatic hydroxyl groups is 1. The lowest BCUT2D eigenvalue weighted by Gasteiger charge is -2.47. The van der Waals surface area contributed by atoms with Crippen LogP contribution in [-0.2, 0) is 36.9 Å². The number of ether oxygens (including phenoxy) is 5. The summed E-state index contributed by atoms with van der Waals surface area (Å²) in [5.41, 5.74) is 2.92. The van der Waals surface area contributed by atoms with Gasteiger partial charge in [-0.2, -0.15) is 0 Å². The van der Waals surface area contributed by atoms with E-state index in [4.69, 9.17) is 23.7 Å². The number of hydrogen-bond donors (Lipinski definition) is 1. The summed E-state index contributed by atoms with van der Waals surface area (Å²) in [5.74, 6) is 0. The van der Waals surface area contributed by atoms with Crippen LogP contribution >= 0.6 is 0 Å². The second kappa shape index (κ2) is 10.6. The minimum atomic E-state index is -1.02. The first kappa shape index (κ1) is 22.2. The molecule has 6 nitrogen and oxygen atoms in total. The second-order valence-corrected chi connectivity index (χ2v) is 8.27. The minimum Gasteiger partial charge on any atom is -0.385 e. The zero-order valence-electron chi connectivity index (χ0n) is 18.2. The number of aliphatic hydroxyl groups excluding tert-OH is 1. The molecule has 5 rings (SSSR count). The first-order chi connectivity index (χ1) is 16.3. The SMILES string of the molecule is O[C@@H]1[C@@H](OCc2ccccc2)O[C@@H]2COC(c3ccccc3)O[C@H]2[C@@H]1OCc1ccccc1. The molecule has 6 atom stereocenters. The Labute approximate surface area is 193 Å². The fourth-order valence-corrected chi connectivity index (χ4v) is 4.19. The van der Waals surface area contributed by atoms with Gasteiger partial charge < -0.3 is 28.8 Å². The fraction of sp³-hybridized carbons (Fsp3) is 0.333. The molecule has 0 spiro atoms. The van der Waals surface area contributed by atoms with Gasteiger partial charge in [0.05, 0.1) is 19.8 Å². The molecule has 2 aliphatic rings. The average Bonchev–Trinajstić information content (AvgIpc) is 2.88. The number of fused-ring (bicyclic) bond motifs is 1. The molecule has 6 heteroatoms. The molecule has 0 aromatic heterocycles. The van der Waals surface area contributed by atoms with Crippen LogP contribution in [0.3, 0.4) is 0 Å². The molecule has 0 aliphatic carbocycles. The first-order valence-electron chi connectivity index (χ1n) is 11.2. The molecule has 2 saturated heterocycles. The smallest absolute Gasteiger partial charge is 0.187 e. The van der Waals surface area contributed by atoms with E-state index in [1.54, 1.807) is 0 Å². The normalized spacial score (nSPS) is 29.4. The summed E-state index contributed by atoms with van der Waals surface area (Å²) in [4.78, 5) is 0. The van der Waals surface area contributed by atoms with Gasteiger partial charge in [0, 0.05) is 5.56 Å². The topological polar surface area (TPSA) is 66.4 Å². The van der Waals surface area contributed by atoms with E-state index in [2.05, 4.69) is 0 Å². The van der Waals surface area contributed by atoms with Gasteiger partial charge in [0.2, 0.25) is 0 Å². The van der Waals surface area contributed by atoms with Crippen molar-refractivity contribution >= 4 is 0 Å². The summed E-state index contributed by atoms with van der Waals surface area (Å²) in [6, 6.07) is 29.4. The van der Waals surface area contributed by atoms with Crippen LogP contribution in [0.1, 0.15) is 23.0 Å². The van der Waals surface area contributed by atoms with Crippen molar-refractivity contribution in [2.45, 2.75) is 50.2 Å². The van der Waals surface area contributed by atoms with Crippen molar-refractivity contribution in [2.24, 2.45) is 0 Å². The van der Waals surface area contributed by atoms with E-state index in [1.165, 1.54) is 0 Å². The molecule has 0 amide bonds. The van der Waals surface area contributed by atoms with Crippen LogP contribution in [0.25, 0.3) is 0 Å². The summed E-state index contributed by atoms with van der Waals surface area (Å²) in [5, 5.41) is 11.2. The van der Waals surface area contributed by atoms with Crippen LogP contribution in [0, 0.1) is 0 Å². The Morgan fingerprint density at radius 1 is 0.727 bits per heavy atom. The predicted octanol–water partition coefficient (Wildman–Crippen LogP) is 3.99. The molecule has 0 radical (unpaired) electrons. The van der Waals surface area contributed by atoms with Gasteiger partial charge in [-0.3, -0.25) is 0 Å². The number of rotatable bonds is 7. The van der Waals surface area contributed by atoms with Crippen LogP contribution < -0.4 is 0 Å². The Morgan fingerprint density at radius 2 is 1.30 bits per heavy atom. The lowest BCUT2D eigenvalue weighted by atomic mass is 9.97. The van der Waals surface area contributed by atoms with Crippen LogP contribution in [0.5, 0.6) is 0 Å². The van der Waals surface area contributed by atoms with Crippen LogP contribution in [0.15, 0.2) is 91.0 Å². The van der Waals surface area contributed by atoms with Crippen molar-refractivity contribution < 1.29 is 28.8 Å². The van der Waals surface area contributed by atoms with Crippen molar-refractivity contribution in [3.8, 4) is 0 Å². The maximum absolute atomic E-state index is 11.2. The summed E-state index contributed by atoms with van der Waals surface area (Å²) >= 11 is 0. The summed E-state index contributed by atoms with van der Waals surface area (Å²) < 4.78 is 30.5. The molecule has 2 aliphatic heterocycles. The zero-order valence-corrected chi connectivity index (χ0v) is 18.2. The van der Waals surface area contributed by atoms with Gasteiger partial charge in [-0.05, 0) is 11.1 Å². The Balaban J connectivity index is 1.32. The zero-order chi connectivity index (χ0) is 22.5. The fourth-order valence-electron chi connectivity index (χ4n) is 4.19. The molecule has 3 aromatic rings. The van der Waals surface area contributed by atoms with Gasteiger partial charge in [-0.25, -0.2) is 0 Å². The Morgan fingerprint density at radius 3 is 1.94 bits per heavy atom. The third-order valence-corrected chi connectivity index (χ3v) is 5.92. The third-order valence-electron chi connectivity index (χ3n) is 5.92. The molecule has 33 heavy (non-hydrogen) atoms. The molecular formula is C27H28O6. The highest BCUT2D eigenvalue weighted by Crippen LogP contribution is 2.36. The maximum atomic E-state index is 11.2. The van der Waals surface area contributed by atoms with Crippen LogP contribution in [0.2, 0.25) is 0 Å². The quantitative estimate of drug-likeness (QED) is 0.590. The Kier molecular flexibility index (Phi) is 7.12. The maximum Gasteiger partial charge on any atom is 0.187 e. The Hall–Kier alpha value is -2.58. The molecule has 1 N–H and O–H groups in total. The van der Waals surface area contributed by atoms with Gasteiger partial charge in [0.25, 0.3) is 0 Å². The molecule has 2 fully saturated rings. The van der Waals surface area contributed by atoms with Crippen molar-refractivity contribution in [3.63, 3.8) is 0 Å². The van der Waals surface area contributed by atoms with Gasteiger partial charge >= 0.3 is 0 Å². The van der Waals surface area contributed by atoms with Gasteiger partial charge in [0.15, 0.2) is 12.6 Å². The van der Waals surface area contributed by atoms with E-state index >= 15 is 0 Å². The first-order valence-corrected chi connectivity index (χ1v) is 11.2. The van der Waals surface area contributed by atoms with E-state index in [-0.39, 0.29) is 0 Å². The minimum absolute atomic E-state index is 0.313. The summed E-state index contributed by atoms with van der Waals surface area (Å²) in [7, 11) is 0. The molecule has 0 saturated carbocycles. The molecule has 2 heterocycles. The van der Waals surface area contributed by atoms with Gasteiger partial charge in [-0.1, -0.05) is 91.0 Å². The molecule has 0 bridgehead atoms. The third kappa shape index (κ3) is 5.33. The van der Waals surface area contributed by atoms with E-state index in [0.717, 1.165) is 16.7 Å². The second-order valence-electron chi connectivity index (χ2n) is 8.27. The van der Waals surface area contributed by atoms with Gasteiger partial charge in [0.1, 0.15) is 24.4 Å². The highest BCUT2D eigenvalue weighted by atomic mass is 16.8. The molecule has 1 unspecified atom stereocenters. The molecule has 3 aromatic carbocycles.